The van der Waals surface area contributed by atoms with Crippen molar-refractivity contribution in [3.05, 3.63) is 96.1 Å². The Bertz CT molecular complexity index is 1060. The molecule has 0 fully saturated rings. The highest BCUT2D eigenvalue weighted by Crippen LogP contribution is 2.40. The standard InChI is InChI=1S/C24H18F6O2/c25-23(26,27)21(20-13-4-5-15-22(20)32-24(28,29)30)14-7-9-17-8-6-12-19(16-17)31-18-10-2-1-3-11-18/h1-6,8,10-16H,7,9H2. The molecule has 0 aliphatic carbocycles. The number of hydrogen-bond acceptors (Lipinski definition) is 2. The Morgan fingerprint density at radius 2 is 1.41 bits per heavy atom. The Morgan fingerprint density at radius 1 is 0.750 bits per heavy atom. The Hall–Kier alpha value is -3.42. The lowest BCUT2D eigenvalue weighted by atomic mass is 10.0. The third-order valence-electron chi connectivity index (χ3n) is 4.37. The minimum atomic E-state index is -5.11. The second-order valence-electron chi connectivity index (χ2n) is 6.76. The van der Waals surface area contributed by atoms with Crippen molar-refractivity contribution in [1.82, 2.24) is 0 Å². The Balaban J connectivity index is 1.78. The molecule has 3 aromatic rings. The van der Waals surface area contributed by atoms with E-state index < -0.39 is 29.4 Å². The van der Waals surface area contributed by atoms with Crippen molar-refractivity contribution in [2.45, 2.75) is 25.4 Å². The van der Waals surface area contributed by atoms with Crippen molar-refractivity contribution in [3.63, 3.8) is 0 Å². The number of allylic oxidation sites excluding steroid dienone is 2. The molecule has 8 heteroatoms. The lowest BCUT2D eigenvalue weighted by molar-refractivity contribution is -0.274. The van der Waals surface area contributed by atoms with Gasteiger partial charge in [0.05, 0.1) is 5.57 Å². The summed E-state index contributed by atoms with van der Waals surface area (Å²) >= 11 is 0. The van der Waals surface area contributed by atoms with E-state index in [-0.39, 0.29) is 12.8 Å². The van der Waals surface area contributed by atoms with Gasteiger partial charge in [0.1, 0.15) is 17.2 Å². The average molecular weight is 452 g/mol. The number of aryl methyl sites for hydroxylation is 1. The molecule has 0 radical (unpaired) electrons. The van der Waals surface area contributed by atoms with Crippen molar-refractivity contribution >= 4 is 5.57 Å². The average Bonchev–Trinajstić information content (AvgIpc) is 2.71. The summed E-state index contributed by atoms with van der Waals surface area (Å²) in [5, 5.41) is 0. The highest BCUT2D eigenvalue weighted by Gasteiger charge is 2.38. The van der Waals surface area contributed by atoms with Gasteiger partial charge in [0.15, 0.2) is 0 Å². The van der Waals surface area contributed by atoms with Gasteiger partial charge in [-0.15, -0.1) is 13.2 Å². The maximum absolute atomic E-state index is 13.6. The molecule has 3 rings (SSSR count). The molecule has 0 heterocycles. The first-order chi connectivity index (χ1) is 15.1. The van der Waals surface area contributed by atoms with Crippen LogP contribution in [0.2, 0.25) is 0 Å². The predicted molar refractivity (Wildman–Crippen MR) is 108 cm³/mol. The molecule has 2 nitrogen and oxygen atoms in total. The summed E-state index contributed by atoms with van der Waals surface area (Å²) < 4.78 is 88.2. The number of ether oxygens (including phenoxy) is 2. The molecule has 32 heavy (non-hydrogen) atoms. The van der Waals surface area contributed by atoms with Gasteiger partial charge in [-0.2, -0.15) is 13.2 Å². The second kappa shape index (κ2) is 9.80. The molecular weight excluding hydrogens is 434 g/mol. The molecule has 0 bridgehead atoms. The molecule has 0 aromatic heterocycles. The Kier molecular flexibility index (Phi) is 7.12. The maximum atomic E-state index is 13.6. The highest BCUT2D eigenvalue weighted by atomic mass is 19.4. The van der Waals surface area contributed by atoms with Crippen LogP contribution in [-0.4, -0.2) is 12.5 Å². The van der Waals surface area contributed by atoms with Crippen molar-refractivity contribution in [2.24, 2.45) is 0 Å². The fourth-order valence-electron chi connectivity index (χ4n) is 3.05. The first-order valence-corrected chi connectivity index (χ1v) is 9.56. The van der Waals surface area contributed by atoms with Crippen LogP contribution in [0.1, 0.15) is 17.5 Å². The number of rotatable bonds is 7. The largest absolute Gasteiger partial charge is 0.573 e. The van der Waals surface area contributed by atoms with Crippen LogP contribution in [0.3, 0.4) is 0 Å². The zero-order valence-electron chi connectivity index (χ0n) is 16.6. The van der Waals surface area contributed by atoms with Crippen LogP contribution in [0.15, 0.2) is 84.9 Å². The van der Waals surface area contributed by atoms with Crippen LogP contribution >= 0.6 is 0 Å². The summed E-state index contributed by atoms with van der Waals surface area (Å²) in [4.78, 5) is 0. The lowest BCUT2D eigenvalue weighted by Crippen LogP contribution is -2.19. The zero-order chi connectivity index (χ0) is 23.2. The van der Waals surface area contributed by atoms with Gasteiger partial charge >= 0.3 is 12.5 Å². The summed E-state index contributed by atoms with van der Waals surface area (Å²) in [6.07, 6.45) is -8.91. The van der Waals surface area contributed by atoms with Crippen molar-refractivity contribution < 1.29 is 35.8 Å². The molecular formula is C24H18F6O2. The van der Waals surface area contributed by atoms with Crippen LogP contribution in [0.4, 0.5) is 26.3 Å². The summed E-state index contributed by atoms with van der Waals surface area (Å²) in [5.41, 5.74) is -1.14. The number of para-hydroxylation sites is 2. The zero-order valence-corrected chi connectivity index (χ0v) is 16.6. The molecule has 0 aliphatic heterocycles. The van der Waals surface area contributed by atoms with E-state index in [1.165, 1.54) is 12.1 Å². The predicted octanol–water partition coefficient (Wildman–Crippen LogP) is 7.96. The number of halogens is 6. The number of alkyl halides is 6. The maximum Gasteiger partial charge on any atom is 0.573 e. The van der Waals surface area contributed by atoms with E-state index in [9.17, 15) is 26.3 Å². The first-order valence-electron chi connectivity index (χ1n) is 9.56. The van der Waals surface area contributed by atoms with E-state index >= 15 is 0 Å². The lowest BCUT2D eigenvalue weighted by Gasteiger charge is -2.17. The van der Waals surface area contributed by atoms with Gasteiger partial charge < -0.3 is 9.47 Å². The van der Waals surface area contributed by atoms with Crippen molar-refractivity contribution in [2.75, 3.05) is 0 Å². The van der Waals surface area contributed by atoms with E-state index in [0.29, 0.717) is 11.5 Å². The molecule has 0 atom stereocenters. The summed E-state index contributed by atoms with van der Waals surface area (Å²) in [5.74, 6) is 0.240. The molecule has 0 N–H and O–H groups in total. The van der Waals surface area contributed by atoms with Gasteiger partial charge in [-0.1, -0.05) is 54.6 Å². The van der Waals surface area contributed by atoms with Crippen LogP contribution in [0, 0.1) is 0 Å². The third kappa shape index (κ3) is 6.80. The van der Waals surface area contributed by atoms with Gasteiger partial charge in [0, 0.05) is 5.56 Å². The number of hydrogen-bond donors (Lipinski definition) is 0. The second-order valence-corrected chi connectivity index (χ2v) is 6.76. The topological polar surface area (TPSA) is 18.5 Å². The van der Waals surface area contributed by atoms with Crippen LogP contribution in [0.5, 0.6) is 17.2 Å². The Morgan fingerprint density at radius 3 is 2.09 bits per heavy atom. The van der Waals surface area contributed by atoms with E-state index in [4.69, 9.17) is 4.74 Å². The van der Waals surface area contributed by atoms with E-state index in [1.807, 2.05) is 18.2 Å². The smallest absolute Gasteiger partial charge is 0.457 e. The van der Waals surface area contributed by atoms with Gasteiger partial charge in [0.25, 0.3) is 0 Å². The van der Waals surface area contributed by atoms with Crippen LogP contribution in [-0.2, 0) is 6.42 Å². The van der Waals surface area contributed by atoms with E-state index in [1.54, 1.807) is 36.4 Å². The first kappa shape index (κ1) is 23.2. The van der Waals surface area contributed by atoms with Gasteiger partial charge in [0.2, 0.25) is 0 Å². The molecule has 0 unspecified atom stereocenters. The Labute approximate surface area is 180 Å². The van der Waals surface area contributed by atoms with Crippen LogP contribution in [0.25, 0.3) is 5.57 Å². The summed E-state index contributed by atoms with van der Waals surface area (Å²) in [7, 11) is 0. The van der Waals surface area contributed by atoms with E-state index in [0.717, 1.165) is 23.8 Å². The summed E-state index contributed by atoms with van der Waals surface area (Å²) in [6.45, 7) is 0. The highest BCUT2D eigenvalue weighted by molar-refractivity contribution is 5.74. The minimum absolute atomic E-state index is 0.0516. The SMILES string of the molecule is FC(F)(F)Oc1ccccc1C(=CCCc1cccc(Oc2ccccc2)c1)C(F)(F)F. The molecule has 0 aliphatic rings. The molecule has 168 valence electrons. The molecule has 0 amide bonds. The molecule has 0 spiro atoms. The van der Waals surface area contributed by atoms with Crippen molar-refractivity contribution in [1.29, 1.82) is 0 Å². The fraction of sp³-hybridized carbons (Fsp3) is 0.167. The summed E-state index contributed by atoms with van der Waals surface area (Å²) in [6, 6.07) is 20.1. The fourth-order valence-corrected chi connectivity index (χ4v) is 3.05. The third-order valence-corrected chi connectivity index (χ3v) is 4.37. The minimum Gasteiger partial charge on any atom is -0.457 e. The molecule has 0 saturated heterocycles. The van der Waals surface area contributed by atoms with Gasteiger partial charge in [-0.3, -0.25) is 0 Å². The van der Waals surface area contributed by atoms with Gasteiger partial charge in [-0.25, -0.2) is 0 Å². The normalized spacial score (nSPS) is 12.5. The van der Waals surface area contributed by atoms with E-state index in [2.05, 4.69) is 4.74 Å². The number of benzene rings is 3. The monoisotopic (exact) mass is 452 g/mol. The quantitative estimate of drug-likeness (QED) is 0.339. The van der Waals surface area contributed by atoms with Gasteiger partial charge in [-0.05, 0) is 48.7 Å². The molecule has 0 saturated carbocycles. The van der Waals surface area contributed by atoms with Crippen molar-refractivity contribution in [3.8, 4) is 17.2 Å². The van der Waals surface area contributed by atoms with Crippen LogP contribution < -0.4 is 9.47 Å². The molecule has 3 aromatic carbocycles.